The maximum atomic E-state index is 2.88. The van der Waals surface area contributed by atoms with Crippen LogP contribution in [0.4, 0.5) is 0 Å². The summed E-state index contributed by atoms with van der Waals surface area (Å²) < 4.78 is 0. The summed E-state index contributed by atoms with van der Waals surface area (Å²) in [5, 5.41) is 0. The quantitative estimate of drug-likeness (QED) is 0.587. The Morgan fingerprint density at radius 1 is 1.33 bits per heavy atom. The fraction of sp³-hybridized carbons (Fsp3) is 1.00. The summed E-state index contributed by atoms with van der Waals surface area (Å²) in [4.78, 5) is 0. The minimum absolute atomic E-state index is 0.749. The summed E-state index contributed by atoms with van der Waals surface area (Å²) in [6, 6.07) is 0. The van der Waals surface area contributed by atoms with E-state index in [1.54, 1.807) is 0 Å². The Balaban J connectivity index is 2.34. The molecule has 1 heteroatoms. The van der Waals surface area contributed by atoms with E-state index in [4.69, 9.17) is 0 Å². The van der Waals surface area contributed by atoms with Crippen LogP contribution in [0.5, 0.6) is 0 Å². The lowest BCUT2D eigenvalue weighted by atomic mass is 9.56. The molecule has 0 aromatic rings. The predicted molar refractivity (Wildman–Crippen MR) is 59.5 cm³/mol. The molecule has 2 atom stereocenters. The second-order valence-corrected chi connectivity index (χ2v) is 5.06. The molecule has 0 amide bonds. The van der Waals surface area contributed by atoms with Gasteiger partial charge in [-0.3, -0.25) is 0 Å². The van der Waals surface area contributed by atoms with Crippen LogP contribution in [0.25, 0.3) is 0 Å². The maximum Gasteiger partial charge on any atom is -0.0297 e. The molecule has 1 saturated carbocycles. The van der Waals surface area contributed by atoms with Crippen LogP contribution in [0.1, 0.15) is 46.5 Å². The van der Waals surface area contributed by atoms with Crippen LogP contribution >= 0.6 is 9.24 Å². The third-order valence-corrected chi connectivity index (χ3v) is 4.81. The number of rotatable bonds is 4. The second kappa shape index (κ2) is 4.09. The van der Waals surface area contributed by atoms with Crippen LogP contribution in [-0.2, 0) is 0 Å². The van der Waals surface area contributed by atoms with Crippen molar-refractivity contribution in [1.29, 1.82) is 0 Å². The van der Waals surface area contributed by atoms with Gasteiger partial charge in [0.2, 0.25) is 0 Å². The van der Waals surface area contributed by atoms with Gasteiger partial charge in [0.05, 0.1) is 0 Å². The van der Waals surface area contributed by atoms with Gasteiger partial charge in [-0.2, -0.15) is 0 Å². The molecule has 72 valence electrons. The lowest BCUT2D eigenvalue weighted by molar-refractivity contribution is 0.0192. The molecule has 1 aliphatic rings. The zero-order chi connectivity index (χ0) is 9.19. The Labute approximate surface area is 79.7 Å². The van der Waals surface area contributed by atoms with Crippen molar-refractivity contribution in [2.75, 3.05) is 6.16 Å². The zero-order valence-electron chi connectivity index (χ0n) is 8.77. The van der Waals surface area contributed by atoms with Gasteiger partial charge < -0.3 is 0 Å². The van der Waals surface area contributed by atoms with Gasteiger partial charge in [-0.05, 0) is 36.3 Å². The van der Waals surface area contributed by atoms with E-state index in [0.29, 0.717) is 0 Å². The molecule has 0 saturated heterocycles. The van der Waals surface area contributed by atoms with Crippen LogP contribution in [0.2, 0.25) is 0 Å². The zero-order valence-corrected chi connectivity index (χ0v) is 9.92. The Bertz CT molecular complexity index is 130. The van der Waals surface area contributed by atoms with E-state index in [1.165, 1.54) is 31.8 Å². The van der Waals surface area contributed by atoms with Crippen molar-refractivity contribution < 1.29 is 0 Å². The van der Waals surface area contributed by atoms with Crippen molar-refractivity contribution in [3.8, 4) is 0 Å². The monoisotopic (exact) mass is 186 g/mol. The molecule has 0 heterocycles. The van der Waals surface area contributed by atoms with Crippen molar-refractivity contribution in [3.05, 3.63) is 0 Å². The van der Waals surface area contributed by atoms with Gasteiger partial charge >= 0.3 is 0 Å². The molecule has 2 unspecified atom stereocenters. The topological polar surface area (TPSA) is 0 Å². The molecule has 1 fully saturated rings. The lowest BCUT2D eigenvalue weighted by Crippen LogP contribution is -2.39. The fourth-order valence-electron chi connectivity index (χ4n) is 2.47. The minimum Gasteiger partial charge on any atom is -0.137 e. The van der Waals surface area contributed by atoms with Gasteiger partial charge in [-0.15, -0.1) is 9.24 Å². The van der Waals surface area contributed by atoms with Crippen LogP contribution in [0.15, 0.2) is 0 Å². The van der Waals surface area contributed by atoms with Crippen molar-refractivity contribution in [2.24, 2.45) is 17.3 Å². The van der Waals surface area contributed by atoms with Gasteiger partial charge in [0.1, 0.15) is 0 Å². The van der Waals surface area contributed by atoms with E-state index < -0.39 is 0 Å². The van der Waals surface area contributed by atoms with Crippen LogP contribution in [0, 0.1) is 17.3 Å². The number of hydrogen-bond acceptors (Lipinski definition) is 0. The highest BCUT2D eigenvalue weighted by atomic mass is 31.0. The highest BCUT2D eigenvalue weighted by Gasteiger charge is 2.42. The Hall–Kier alpha value is 0.430. The molecule has 0 radical (unpaired) electrons. The van der Waals surface area contributed by atoms with Crippen molar-refractivity contribution in [2.45, 2.75) is 46.5 Å². The molecule has 1 rings (SSSR count). The maximum absolute atomic E-state index is 2.88. The molecule has 0 spiro atoms. The summed E-state index contributed by atoms with van der Waals surface area (Å²) in [5.74, 6) is 1.96. The van der Waals surface area contributed by atoms with Crippen LogP contribution < -0.4 is 0 Å². The van der Waals surface area contributed by atoms with E-state index in [-0.39, 0.29) is 0 Å². The molecular formula is C11H23P. The van der Waals surface area contributed by atoms with E-state index in [0.717, 1.165) is 17.3 Å². The van der Waals surface area contributed by atoms with Gasteiger partial charge in [0.25, 0.3) is 0 Å². The third kappa shape index (κ3) is 1.84. The highest BCUT2D eigenvalue weighted by molar-refractivity contribution is 7.16. The molecule has 0 aromatic heterocycles. The summed E-state index contributed by atoms with van der Waals surface area (Å²) >= 11 is 0. The lowest BCUT2D eigenvalue weighted by Gasteiger charge is -2.49. The smallest absolute Gasteiger partial charge is 0.0297 e. The standard InChI is InChI=1S/C11H23P/c1-4-11(5-2)6-10(7-11)9(3)8-12/h9-10H,4-8,12H2,1-3H3. The number of hydrogen-bond donors (Lipinski definition) is 0. The Kier molecular flexibility index (Phi) is 3.58. The first-order valence-electron chi connectivity index (χ1n) is 5.37. The first-order chi connectivity index (χ1) is 5.67. The average molecular weight is 186 g/mol. The summed E-state index contributed by atoms with van der Waals surface area (Å²) in [6.45, 7) is 7.10. The van der Waals surface area contributed by atoms with Crippen molar-refractivity contribution in [3.63, 3.8) is 0 Å². The van der Waals surface area contributed by atoms with Gasteiger partial charge in [0.15, 0.2) is 0 Å². The molecular weight excluding hydrogens is 163 g/mol. The summed E-state index contributed by atoms with van der Waals surface area (Å²) in [5.41, 5.74) is 0.749. The van der Waals surface area contributed by atoms with E-state index in [1.807, 2.05) is 0 Å². The SMILES string of the molecule is CCC1(CC)CC(C(C)CP)C1. The van der Waals surface area contributed by atoms with E-state index in [9.17, 15) is 0 Å². The molecule has 0 nitrogen and oxygen atoms in total. The third-order valence-electron chi connectivity index (χ3n) is 4.07. The normalized spacial score (nSPS) is 25.0. The molecule has 0 bridgehead atoms. The molecule has 0 N–H and O–H groups in total. The molecule has 12 heavy (non-hydrogen) atoms. The van der Waals surface area contributed by atoms with Gasteiger partial charge in [0, 0.05) is 0 Å². The molecule has 0 aromatic carbocycles. The average Bonchev–Trinajstić information content (AvgIpc) is 2.04. The molecule has 0 aliphatic heterocycles. The first-order valence-corrected chi connectivity index (χ1v) is 6.19. The molecule has 1 aliphatic carbocycles. The highest BCUT2D eigenvalue weighted by Crippen LogP contribution is 2.53. The van der Waals surface area contributed by atoms with Gasteiger partial charge in [-0.25, -0.2) is 0 Å². The largest absolute Gasteiger partial charge is 0.137 e. The van der Waals surface area contributed by atoms with E-state index in [2.05, 4.69) is 30.0 Å². The van der Waals surface area contributed by atoms with Crippen molar-refractivity contribution >= 4 is 9.24 Å². The Morgan fingerprint density at radius 2 is 1.83 bits per heavy atom. The summed E-state index contributed by atoms with van der Waals surface area (Å²) in [7, 11) is 2.88. The first kappa shape index (κ1) is 10.5. The van der Waals surface area contributed by atoms with E-state index >= 15 is 0 Å². The second-order valence-electron chi connectivity index (χ2n) is 4.59. The minimum atomic E-state index is 0.749. The fourth-order valence-corrected chi connectivity index (χ4v) is 2.86. The van der Waals surface area contributed by atoms with Crippen LogP contribution in [-0.4, -0.2) is 6.16 Å². The van der Waals surface area contributed by atoms with Gasteiger partial charge in [-0.1, -0.05) is 33.6 Å². The Morgan fingerprint density at radius 3 is 2.17 bits per heavy atom. The predicted octanol–water partition coefficient (Wildman–Crippen LogP) is 3.71. The van der Waals surface area contributed by atoms with Crippen molar-refractivity contribution in [1.82, 2.24) is 0 Å². The van der Waals surface area contributed by atoms with Crippen LogP contribution in [0.3, 0.4) is 0 Å². The summed E-state index contributed by atoms with van der Waals surface area (Å²) in [6.07, 6.45) is 7.06.